The van der Waals surface area contributed by atoms with Gasteiger partial charge in [-0.05, 0) is 53.6 Å². The molecule has 4 nitrogen and oxygen atoms in total. The number of furan rings is 1. The van der Waals surface area contributed by atoms with Crippen molar-refractivity contribution in [1.82, 2.24) is 0 Å². The summed E-state index contributed by atoms with van der Waals surface area (Å²) in [6.45, 7) is 4.31. The molecular formula is C28H27NO3. The van der Waals surface area contributed by atoms with Crippen molar-refractivity contribution in [3.63, 3.8) is 0 Å². The highest BCUT2D eigenvalue weighted by molar-refractivity contribution is 6.07. The number of rotatable bonds is 4. The number of hydrogen-bond acceptors (Lipinski definition) is 3. The van der Waals surface area contributed by atoms with Gasteiger partial charge in [0.05, 0.1) is 12.2 Å². The molecule has 1 aliphatic carbocycles. The van der Waals surface area contributed by atoms with Gasteiger partial charge in [-0.25, -0.2) is 0 Å². The van der Waals surface area contributed by atoms with Crippen LogP contribution in [0.1, 0.15) is 67.8 Å². The number of Topliss-reactive ketones (excluding diaryl/α,β-unsaturated/α-hetero) is 1. The third kappa shape index (κ3) is 3.60. The lowest BCUT2D eigenvalue weighted by molar-refractivity contribution is -0.120. The topological polar surface area (TPSA) is 50.5 Å². The normalized spacial score (nSPS) is 21.3. The summed E-state index contributed by atoms with van der Waals surface area (Å²) in [5, 5.41) is 0. The maximum atomic E-state index is 13.5. The predicted octanol–water partition coefficient (Wildman–Crippen LogP) is 6.32. The minimum absolute atomic E-state index is 0.00367. The molecule has 0 fully saturated rings. The van der Waals surface area contributed by atoms with Crippen LogP contribution >= 0.6 is 0 Å². The number of amides is 1. The van der Waals surface area contributed by atoms with E-state index in [0.717, 1.165) is 22.5 Å². The van der Waals surface area contributed by atoms with Crippen molar-refractivity contribution in [3.8, 4) is 0 Å². The molecule has 1 aromatic heterocycles. The molecule has 0 bridgehead atoms. The molecule has 0 saturated carbocycles. The SMILES string of the molecule is CC(C)c1ccc(N2C(=O)CC(c3ccco3)C3=C2CC(c2ccccc2)CC3=O)cc1. The first-order valence-corrected chi connectivity index (χ1v) is 11.3. The van der Waals surface area contributed by atoms with Gasteiger partial charge in [0.15, 0.2) is 5.78 Å². The van der Waals surface area contributed by atoms with Crippen LogP contribution in [0.2, 0.25) is 0 Å². The number of hydrogen-bond donors (Lipinski definition) is 0. The van der Waals surface area contributed by atoms with Crippen LogP contribution < -0.4 is 4.90 Å². The molecule has 0 spiro atoms. The average Bonchev–Trinajstić information content (AvgIpc) is 3.34. The van der Waals surface area contributed by atoms with Crippen molar-refractivity contribution in [3.05, 3.63) is 101 Å². The van der Waals surface area contributed by atoms with Gasteiger partial charge < -0.3 is 4.42 Å². The second kappa shape index (κ2) is 8.27. The summed E-state index contributed by atoms with van der Waals surface area (Å²) >= 11 is 0. The Hall–Kier alpha value is -3.40. The van der Waals surface area contributed by atoms with Crippen LogP contribution in [0.5, 0.6) is 0 Å². The minimum Gasteiger partial charge on any atom is -0.469 e. The highest BCUT2D eigenvalue weighted by Gasteiger charge is 2.43. The van der Waals surface area contributed by atoms with Crippen molar-refractivity contribution >= 4 is 17.4 Å². The average molecular weight is 426 g/mol. The van der Waals surface area contributed by atoms with Gasteiger partial charge in [0.25, 0.3) is 0 Å². The summed E-state index contributed by atoms with van der Waals surface area (Å²) in [6.07, 6.45) is 2.95. The second-order valence-corrected chi connectivity index (χ2v) is 9.05. The predicted molar refractivity (Wildman–Crippen MR) is 125 cm³/mol. The van der Waals surface area contributed by atoms with E-state index in [-0.39, 0.29) is 29.9 Å². The summed E-state index contributed by atoms with van der Waals surface area (Å²) in [6, 6.07) is 22.0. The van der Waals surface area contributed by atoms with Crippen LogP contribution in [0.25, 0.3) is 0 Å². The Balaban J connectivity index is 1.62. The molecule has 2 heterocycles. The lowest BCUT2D eigenvalue weighted by Gasteiger charge is -2.40. The van der Waals surface area contributed by atoms with Gasteiger partial charge >= 0.3 is 0 Å². The van der Waals surface area contributed by atoms with E-state index in [1.165, 1.54) is 5.56 Å². The molecule has 4 heteroatoms. The summed E-state index contributed by atoms with van der Waals surface area (Å²) in [5.41, 5.74) is 4.74. The molecule has 0 saturated heterocycles. The Bertz CT molecular complexity index is 1160. The standard InChI is InChI=1S/C28H27NO3/c1-18(2)19-10-12-22(13-11-19)29-24-15-21(20-7-4-3-5-8-20)16-25(30)28(24)23(17-27(29)31)26-9-6-14-32-26/h3-14,18,21,23H,15-17H2,1-2H3. The third-order valence-electron chi connectivity index (χ3n) is 6.70. The Morgan fingerprint density at radius 2 is 1.62 bits per heavy atom. The number of ketones is 1. The van der Waals surface area contributed by atoms with Crippen LogP contribution in [-0.2, 0) is 9.59 Å². The molecule has 0 N–H and O–H groups in total. The minimum atomic E-state index is -0.317. The van der Waals surface area contributed by atoms with Crippen molar-refractivity contribution < 1.29 is 14.0 Å². The van der Waals surface area contributed by atoms with Gasteiger partial charge in [0, 0.05) is 29.8 Å². The van der Waals surface area contributed by atoms with Crippen LogP contribution in [0.3, 0.4) is 0 Å². The zero-order chi connectivity index (χ0) is 22.2. The summed E-state index contributed by atoms with van der Waals surface area (Å²) < 4.78 is 5.66. The van der Waals surface area contributed by atoms with Gasteiger partial charge in [-0.1, -0.05) is 56.3 Å². The fourth-order valence-corrected chi connectivity index (χ4v) is 5.04. The molecule has 3 aromatic rings. The maximum Gasteiger partial charge on any atom is 0.232 e. The zero-order valence-corrected chi connectivity index (χ0v) is 18.5. The van der Waals surface area contributed by atoms with Gasteiger partial charge in [-0.3, -0.25) is 14.5 Å². The molecule has 2 aromatic carbocycles. The second-order valence-electron chi connectivity index (χ2n) is 9.05. The number of carbonyl (C=O) groups excluding carboxylic acids is 2. The van der Waals surface area contributed by atoms with Gasteiger partial charge in [-0.2, -0.15) is 0 Å². The van der Waals surface area contributed by atoms with Crippen LogP contribution in [-0.4, -0.2) is 11.7 Å². The Morgan fingerprint density at radius 1 is 0.875 bits per heavy atom. The fraction of sp³-hybridized carbons (Fsp3) is 0.286. The molecule has 1 amide bonds. The van der Waals surface area contributed by atoms with Gasteiger partial charge in [0.2, 0.25) is 5.91 Å². The van der Waals surface area contributed by atoms with Crippen molar-refractivity contribution in [2.75, 3.05) is 4.90 Å². The Kier molecular flexibility index (Phi) is 5.30. The molecule has 5 rings (SSSR count). The lowest BCUT2D eigenvalue weighted by Crippen LogP contribution is -2.41. The van der Waals surface area contributed by atoms with Crippen LogP contribution in [0, 0.1) is 0 Å². The zero-order valence-electron chi connectivity index (χ0n) is 18.5. The number of benzene rings is 2. The first-order chi connectivity index (χ1) is 15.5. The van der Waals surface area contributed by atoms with Crippen LogP contribution in [0.4, 0.5) is 5.69 Å². The largest absolute Gasteiger partial charge is 0.469 e. The Labute approximate surface area is 188 Å². The van der Waals surface area contributed by atoms with E-state index < -0.39 is 0 Å². The number of anilines is 1. The van der Waals surface area contributed by atoms with E-state index >= 15 is 0 Å². The highest BCUT2D eigenvalue weighted by atomic mass is 16.3. The van der Waals surface area contributed by atoms with Crippen LogP contribution in [0.15, 0.2) is 88.7 Å². The van der Waals surface area contributed by atoms with E-state index in [4.69, 9.17) is 4.42 Å². The quantitative estimate of drug-likeness (QED) is 0.491. The lowest BCUT2D eigenvalue weighted by atomic mass is 9.74. The van der Waals surface area contributed by atoms with E-state index in [9.17, 15) is 9.59 Å². The number of carbonyl (C=O) groups is 2. The molecule has 32 heavy (non-hydrogen) atoms. The number of allylic oxidation sites excluding steroid dienone is 2. The maximum absolute atomic E-state index is 13.5. The van der Waals surface area contributed by atoms with E-state index in [1.54, 1.807) is 11.2 Å². The molecule has 2 atom stereocenters. The van der Waals surface area contributed by atoms with E-state index in [2.05, 4.69) is 38.1 Å². The molecular weight excluding hydrogens is 398 g/mol. The van der Waals surface area contributed by atoms with E-state index in [0.29, 0.717) is 24.5 Å². The molecule has 0 radical (unpaired) electrons. The van der Waals surface area contributed by atoms with Gasteiger partial charge in [-0.15, -0.1) is 0 Å². The first kappa shape index (κ1) is 20.5. The summed E-state index contributed by atoms with van der Waals surface area (Å²) in [7, 11) is 0. The summed E-state index contributed by atoms with van der Waals surface area (Å²) in [5.74, 6) is 0.956. The summed E-state index contributed by atoms with van der Waals surface area (Å²) in [4.78, 5) is 28.8. The van der Waals surface area contributed by atoms with Crippen molar-refractivity contribution in [2.24, 2.45) is 0 Å². The van der Waals surface area contributed by atoms with E-state index in [1.807, 2.05) is 42.5 Å². The molecule has 2 aliphatic rings. The molecule has 1 aliphatic heterocycles. The first-order valence-electron chi connectivity index (χ1n) is 11.3. The molecule has 162 valence electrons. The number of nitrogens with zero attached hydrogens (tertiary/aromatic N) is 1. The smallest absolute Gasteiger partial charge is 0.232 e. The van der Waals surface area contributed by atoms with Crippen molar-refractivity contribution in [2.45, 2.75) is 50.9 Å². The van der Waals surface area contributed by atoms with Gasteiger partial charge in [0.1, 0.15) is 5.76 Å². The highest BCUT2D eigenvalue weighted by Crippen LogP contribution is 2.47. The fourth-order valence-electron chi connectivity index (χ4n) is 5.04. The monoisotopic (exact) mass is 425 g/mol. The third-order valence-corrected chi connectivity index (χ3v) is 6.70. The molecule has 2 unspecified atom stereocenters. The Morgan fingerprint density at radius 3 is 2.28 bits per heavy atom. The van der Waals surface area contributed by atoms with Crippen molar-refractivity contribution in [1.29, 1.82) is 0 Å².